The number of nitrogens with one attached hydrogen (secondary N) is 2. The van der Waals surface area contributed by atoms with E-state index in [1.165, 1.54) is 12.8 Å². The molecule has 1 rings (SSSR count). The molecular formula is C13H27ClN2OS. The van der Waals surface area contributed by atoms with Crippen LogP contribution in [0.3, 0.4) is 0 Å². The number of rotatable bonds is 6. The minimum absolute atomic E-state index is 0. The smallest absolute Gasteiger partial charge is 0.233 e. The molecule has 3 nitrogen and oxygen atoms in total. The number of thioether (sulfide) groups is 1. The monoisotopic (exact) mass is 294 g/mol. The Morgan fingerprint density at radius 1 is 1.56 bits per heavy atom. The van der Waals surface area contributed by atoms with Gasteiger partial charge in [0.15, 0.2) is 0 Å². The molecule has 1 saturated heterocycles. The number of halogens is 1. The number of hydrogen-bond donors (Lipinski definition) is 2. The van der Waals surface area contributed by atoms with Crippen molar-refractivity contribution in [3.63, 3.8) is 0 Å². The van der Waals surface area contributed by atoms with E-state index >= 15 is 0 Å². The Labute approximate surface area is 122 Å². The van der Waals surface area contributed by atoms with Gasteiger partial charge in [0.25, 0.3) is 0 Å². The molecule has 2 N–H and O–H groups in total. The van der Waals surface area contributed by atoms with Crippen LogP contribution in [0.15, 0.2) is 0 Å². The third-order valence-corrected chi connectivity index (χ3v) is 4.44. The van der Waals surface area contributed by atoms with E-state index in [9.17, 15) is 4.79 Å². The molecule has 0 radical (unpaired) electrons. The first-order valence-corrected chi connectivity index (χ1v) is 7.83. The quantitative estimate of drug-likeness (QED) is 0.740. The second-order valence-corrected chi connectivity index (χ2v) is 6.40. The maximum atomic E-state index is 12.0. The fourth-order valence-electron chi connectivity index (χ4n) is 2.06. The molecular weight excluding hydrogens is 268 g/mol. The van der Waals surface area contributed by atoms with Crippen molar-refractivity contribution in [2.24, 2.45) is 0 Å². The van der Waals surface area contributed by atoms with E-state index in [4.69, 9.17) is 0 Å². The molecule has 1 aliphatic rings. The highest BCUT2D eigenvalue weighted by atomic mass is 35.5. The van der Waals surface area contributed by atoms with Gasteiger partial charge in [0, 0.05) is 12.1 Å². The summed E-state index contributed by atoms with van der Waals surface area (Å²) in [7, 11) is 0. The summed E-state index contributed by atoms with van der Waals surface area (Å²) in [6.45, 7) is 7.39. The van der Waals surface area contributed by atoms with Gasteiger partial charge in [-0.3, -0.25) is 4.79 Å². The fraction of sp³-hybridized carbons (Fsp3) is 0.923. The Morgan fingerprint density at radius 3 is 2.89 bits per heavy atom. The third-order valence-electron chi connectivity index (χ3n) is 3.21. The fourth-order valence-corrected chi connectivity index (χ4v) is 3.09. The predicted molar refractivity (Wildman–Crippen MR) is 82.7 cm³/mol. The second-order valence-electron chi connectivity index (χ2n) is 4.95. The molecule has 0 aromatic rings. The van der Waals surface area contributed by atoms with E-state index in [1.807, 2.05) is 6.92 Å². The van der Waals surface area contributed by atoms with Gasteiger partial charge in [0.05, 0.1) is 5.25 Å². The van der Waals surface area contributed by atoms with Crippen molar-refractivity contribution in [1.29, 1.82) is 0 Å². The number of piperidine rings is 1. The topological polar surface area (TPSA) is 41.1 Å². The lowest BCUT2D eigenvalue weighted by molar-refractivity contribution is -0.121. The van der Waals surface area contributed by atoms with Crippen molar-refractivity contribution < 1.29 is 4.79 Å². The lowest BCUT2D eigenvalue weighted by Crippen LogP contribution is -2.48. The van der Waals surface area contributed by atoms with E-state index < -0.39 is 0 Å². The van der Waals surface area contributed by atoms with Crippen molar-refractivity contribution in [3.8, 4) is 0 Å². The average Bonchev–Trinajstić information content (AvgIpc) is 2.29. The summed E-state index contributed by atoms with van der Waals surface area (Å²) in [5.74, 6) is 1.30. The van der Waals surface area contributed by atoms with Crippen LogP contribution in [-0.4, -0.2) is 35.5 Å². The van der Waals surface area contributed by atoms with Crippen molar-refractivity contribution in [3.05, 3.63) is 0 Å². The molecule has 108 valence electrons. The molecule has 1 amide bonds. The second kappa shape index (κ2) is 9.93. The molecule has 3 atom stereocenters. The lowest BCUT2D eigenvalue weighted by atomic mass is 10.0. The number of hydrogen-bond acceptors (Lipinski definition) is 3. The van der Waals surface area contributed by atoms with Gasteiger partial charge < -0.3 is 10.6 Å². The van der Waals surface area contributed by atoms with Gasteiger partial charge in [-0.1, -0.05) is 13.3 Å². The van der Waals surface area contributed by atoms with Crippen molar-refractivity contribution >= 4 is 30.1 Å². The van der Waals surface area contributed by atoms with Gasteiger partial charge in [0.2, 0.25) is 5.91 Å². The average molecular weight is 295 g/mol. The highest BCUT2D eigenvalue weighted by molar-refractivity contribution is 8.00. The van der Waals surface area contributed by atoms with Crippen LogP contribution in [0, 0.1) is 0 Å². The summed E-state index contributed by atoms with van der Waals surface area (Å²) >= 11 is 1.77. The summed E-state index contributed by atoms with van der Waals surface area (Å²) in [5.41, 5.74) is 0. The highest BCUT2D eigenvalue weighted by Crippen LogP contribution is 2.14. The van der Waals surface area contributed by atoms with Gasteiger partial charge >= 0.3 is 0 Å². The first kappa shape index (κ1) is 18.1. The lowest BCUT2D eigenvalue weighted by Gasteiger charge is -2.29. The van der Waals surface area contributed by atoms with Crippen molar-refractivity contribution in [2.75, 3.05) is 12.3 Å². The Morgan fingerprint density at radius 2 is 2.28 bits per heavy atom. The maximum absolute atomic E-state index is 12.0. The molecule has 5 heteroatoms. The van der Waals surface area contributed by atoms with Crippen LogP contribution in [0.25, 0.3) is 0 Å². The first-order valence-electron chi connectivity index (χ1n) is 6.78. The maximum Gasteiger partial charge on any atom is 0.233 e. The van der Waals surface area contributed by atoms with Gasteiger partial charge in [-0.15, -0.1) is 24.2 Å². The Hall–Kier alpha value is 0.0700. The molecule has 0 aromatic carbocycles. The molecule has 1 fully saturated rings. The molecule has 18 heavy (non-hydrogen) atoms. The van der Waals surface area contributed by atoms with Gasteiger partial charge in [-0.05, 0) is 45.4 Å². The van der Waals surface area contributed by atoms with E-state index in [-0.39, 0.29) is 23.6 Å². The zero-order valence-electron chi connectivity index (χ0n) is 11.7. The van der Waals surface area contributed by atoms with Crippen LogP contribution >= 0.6 is 24.2 Å². The van der Waals surface area contributed by atoms with Gasteiger partial charge in [-0.25, -0.2) is 0 Å². The molecule has 0 aromatic heterocycles. The van der Waals surface area contributed by atoms with Crippen molar-refractivity contribution in [2.45, 2.75) is 63.8 Å². The molecule has 0 spiro atoms. The summed E-state index contributed by atoms with van der Waals surface area (Å²) in [4.78, 5) is 12.0. The largest absolute Gasteiger partial charge is 0.352 e. The van der Waals surface area contributed by atoms with E-state index in [2.05, 4.69) is 24.5 Å². The SMILES string of the molecule is CCCCSC(C)C(=O)NC1CCNC(C)C1.Cl. The van der Waals surface area contributed by atoms with Crippen LogP contribution in [0.1, 0.15) is 46.5 Å². The Balaban J connectivity index is 0.00000289. The summed E-state index contributed by atoms with van der Waals surface area (Å²) in [5, 5.41) is 6.67. The minimum Gasteiger partial charge on any atom is -0.352 e. The summed E-state index contributed by atoms with van der Waals surface area (Å²) < 4.78 is 0. The summed E-state index contributed by atoms with van der Waals surface area (Å²) in [6, 6.07) is 0.894. The number of unbranched alkanes of at least 4 members (excludes halogenated alkanes) is 1. The zero-order chi connectivity index (χ0) is 12.7. The standard InChI is InChI=1S/C13H26N2OS.ClH/c1-4-5-8-17-11(3)13(16)15-12-6-7-14-10(2)9-12;/h10-12,14H,4-9H2,1-3H3,(H,15,16);1H. The van der Waals surface area contributed by atoms with E-state index in [1.54, 1.807) is 11.8 Å². The molecule has 0 bridgehead atoms. The number of carbonyl (C=O) groups excluding carboxylic acids is 1. The molecule has 1 aliphatic heterocycles. The summed E-state index contributed by atoms with van der Waals surface area (Å²) in [6.07, 6.45) is 4.51. The molecule has 0 saturated carbocycles. The zero-order valence-corrected chi connectivity index (χ0v) is 13.3. The van der Waals surface area contributed by atoms with E-state index in [0.717, 1.165) is 25.1 Å². The van der Waals surface area contributed by atoms with Crippen molar-refractivity contribution in [1.82, 2.24) is 10.6 Å². The Kier molecular flexibility index (Phi) is 9.97. The van der Waals surface area contributed by atoms with E-state index in [0.29, 0.717) is 12.1 Å². The van der Waals surface area contributed by atoms with Gasteiger partial charge in [0.1, 0.15) is 0 Å². The molecule has 1 heterocycles. The van der Waals surface area contributed by atoms with Crippen LogP contribution < -0.4 is 10.6 Å². The Bertz CT molecular complexity index is 241. The van der Waals surface area contributed by atoms with Crippen LogP contribution in [0.2, 0.25) is 0 Å². The normalized spacial score (nSPS) is 25.1. The van der Waals surface area contributed by atoms with Crippen LogP contribution in [0.5, 0.6) is 0 Å². The van der Waals surface area contributed by atoms with Crippen LogP contribution in [0.4, 0.5) is 0 Å². The third kappa shape index (κ3) is 6.86. The van der Waals surface area contributed by atoms with Gasteiger partial charge in [-0.2, -0.15) is 0 Å². The first-order chi connectivity index (χ1) is 8.13. The minimum atomic E-state index is 0. The number of carbonyl (C=O) groups is 1. The number of amides is 1. The van der Waals surface area contributed by atoms with Crippen LogP contribution in [-0.2, 0) is 4.79 Å². The highest BCUT2D eigenvalue weighted by Gasteiger charge is 2.22. The predicted octanol–water partition coefficient (Wildman–Crippen LogP) is 2.59. The molecule has 3 unspecified atom stereocenters. The molecule has 0 aliphatic carbocycles.